The van der Waals surface area contributed by atoms with Crippen molar-refractivity contribution in [3.8, 4) is 0 Å². The summed E-state index contributed by atoms with van der Waals surface area (Å²) in [5.74, 6) is 0.735. The molecule has 0 saturated carbocycles. The molecule has 0 N–H and O–H groups in total. The summed E-state index contributed by atoms with van der Waals surface area (Å²) in [6.45, 7) is 17.1. The lowest BCUT2D eigenvalue weighted by atomic mass is 9.69. The highest BCUT2D eigenvalue weighted by molar-refractivity contribution is 4.93. The van der Waals surface area contributed by atoms with Gasteiger partial charge in [-0.25, -0.2) is 0 Å². The van der Waals surface area contributed by atoms with E-state index in [2.05, 4.69) is 48.5 Å². The van der Waals surface area contributed by atoms with E-state index in [1.807, 2.05) is 0 Å². The Kier molecular flexibility index (Phi) is 3.27. The molecule has 0 aliphatic carbocycles. The summed E-state index contributed by atoms with van der Waals surface area (Å²) < 4.78 is 5.89. The van der Waals surface area contributed by atoms with E-state index in [9.17, 15) is 0 Å². The Labute approximate surface area is 95.6 Å². The zero-order valence-electron chi connectivity index (χ0n) is 11.6. The van der Waals surface area contributed by atoms with Crippen LogP contribution in [-0.2, 0) is 4.74 Å². The molecule has 15 heavy (non-hydrogen) atoms. The topological polar surface area (TPSA) is 9.23 Å². The highest BCUT2D eigenvalue weighted by Gasteiger charge is 2.44. The van der Waals surface area contributed by atoms with Gasteiger partial charge in [0, 0.05) is 0 Å². The third-order valence-corrected chi connectivity index (χ3v) is 3.73. The molecule has 1 nitrogen and oxygen atoms in total. The Morgan fingerprint density at radius 1 is 1.20 bits per heavy atom. The summed E-state index contributed by atoms with van der Waals surface area (Å²) in [6, 6.07) is 0. The molecule has 1 fully saturated rings. The van der Waals surface area contributed by atoms with Gasteiger partial charge in [-0.1, -0.05) is 34.6 Å². The van der Waals surface area contributed by atoms with Crippen molar-refractivity contribution >= 4 is 0 Å². The molecule has 1 aliphatic rings. The smallest absolute Gasteiger partial charge is 0.0632 e. The summed E-state index contributed by atoms with van der Waals surface area (Å²) in [5.41, 5.74) is 0.882. The number of hydrogen-bond acceptors (Lipinski definition) is 1. The Balaban J connectivity index is 2.64. The molecule has 1 heteroatoms. The maximum Gasteiger partial charge on any atom is 0.0632 e. The highest BCUT2D eigenvalue weighted by atomic mass is 16.5. The molecular formula is C14H28O. The fraction of sp³-hybridized carbons (Fsp3) is 1.00. The minimum Gasteiger partial charge on any atom is -0.375 e. The lowest BCUT2D eigenvalue weighted by Crippen LogP contribution is -2.30. The zero-order chi connectivity index (χ0) is 11.9. The molecule has 90 valence electrons. The molecule has 2 atom stereocenters. The van der Waals surface area contributed by atoms with Gasteiger partial charge in [-0.3, -0.25) is 0 Å². The second-order valence-electron chi connectivity index (χ2n) is 7.55. The minimum atomic E-state index is 0.0842. The van der Waals surface area contributed by atoms with Crippen LogP contribution in [0.4, 0.5) is 0 Å². The fourth-order valence-electron chi connectivity index (χ4n) is 2.92. The van der Waals surface area contributed by atoms with Gasteiger partial charge >= 0.3 is 0 Å². The van der Waals surface area contributed by atoms with E-state index in [0.717, 1.165) is 12.5 Å². The lowest BCUT2D eigenvalue weighted by Gasteiger charge is -2.35. The van der Waals surface area contributed by atoms with Gasteiger partial charge < -0.3 is 4.74 Å². The van der Waals surface area contributed by atoms with Crippen molar-refractivity contribution < 1.29 is 4.74 Å². The molecule has 0 amide bonds. The molecule has 2 unspecified atom stereocenters. The molecule has 0 spiro atoms. The van der Waals surface area contributed by atoms with Gasteiger partial charge in [0.1, 0.15) is 0 Å². The lowest BCUT2D eigenvalue weighted by molar-refractivity contribution is 0.0271. The van der Waals surface area contributed by atoms with Crippen molar-refractivity contribution in [2.75, 3.05) is 6.61 Å². The molecule has 1 aliphatic heterocycles. The molecule has 0 radical (unpaired) electrons. The van der Waals surface area contributed by atoms with Crippen LogP contribution in [-0.4, -0.2) is 12.2 Å². The Morgan fingerprint density at radius 2 is 1.73 bits per heavy atom. The van der Waals surface area contributed by atoms with Crippen LogP contribution in [0.3, 0.4) is 0 Å². The van der Waals surface area contributed by atoms with Crippen LogP contribution in [0.25, 0.3) is 0 Å². The third kappa shape index (κ3) is 3.48. The van der Waals surface area contributed by atoms with Crippen LogP contribution in [0, 0.1) is 16.7 Å². The van der Waals surface area contributed by atoms with Crippen molar-refractivity contribution in [1.82, 2.24) is 0 Å². The van der Waals surface area contributed by atoms with Gasteiger partial charge in [-0.15, -0.1) is 0 Å². The van der Waals surface area contributed by atoms with Crippen LogP contribution >= 0.6 is 0 Å². The van der Waals surface area contributed by atoms with E-state index in [0.29, 0.717) is 10.8 Å². The van der Waals surface area contributed by atoms with E-state index in [1.165, 1.54) is 12.8 Å². The van der Waals surface area contributed by atoms with E-state index < -0.39 is 0 Å². The largest absolute Gasteiger partial charge is 0.375 e. The van der Waals surface area contributed by atoms with Crippen LogP contribution in [0.1, 0.15) is 61.3 Å². The third-order valence-electron chi connectivity index (χ3n) is 3.73. The van der Waals surface area contributed by atoms with Gasteiger partial charge in [0.2, 0.25) is 0 Å². The predicted molar refractivity (Wildman–Crippen MR) is 66.0 cm³/mol. The molecule has 1 heterocycles. The van der Waals surface area contributed by atoms with Crippen molar-refractivity contribution in [2.45, 2.75) is 66.9 Å². The SMILES string of the molecule is CC(CC(C)(C)C)C1(C)COC(C)(C)C1. The van der Waals surface area contributed by atoms with E-state index in [1.54, 1.807) is 0 Å². The number of ether oxygens (including phenoxy) is 1. The van der Waals surface area contributed by atoms with Gasteiger partial charge in [0.25, 0.3) is 0 Å². The fourth-order valence-corrected chi connectivity index (χ4v) is 2.92. The Morgan fingerprint density at radius 3 is 2.07 bits per heavy atom. The monoisotopic (exact) mass is 212 g/mol. The summed E-state index contributed by atoms with van der Waals surface area (Å²) in [7, 11) is 0. The first-order valence-corrected chi connectivity index (χ1v) is 6.18. The first kappa shape index (κ1) is 13.0. The van der Waals surface area contributed by atoms with Gasteiger partial charge in [0.15, 0.2) is 0 Å². The van der Waals surface area contributed by atoms with Crippen molar-refractivity contribution in [2.24, 2.45) is 16.7 Å². The first-order chi connectivity index (χ1) is 6.54. The molecule has 0 bridgehead atoms. The maximum atomic E-state index is 5.89. The average Bonchev–Trinajstić information content (AvgIpc) is 2.23. The van der Waals surface area contributed by atoms with Crippen molar-refractivity contribution in [3.05, 3.63) is 0 Å². The molecule has 0 aromatic heterocycles. The summed E-state index contributed by atoms with van der Waals surface area (Å²) in [5, 5.41) is 0. The minimum absolute atomic E-state index is 0.0842. The Hall–Kier alpha value is -0.0400. The number of hydrogen-bond donors (Lipinski definition) is 0. The summed E-state index contributed by atoms with van der Waals surface area (Å²) in [4.78, 5) is 0. The average molecular weight is 212 g/mol. The van der Waals surface area contributed by atoms with Gasteiger partial charge in [-0.05, 0) is 43.4 Å². The second kappa shape index (κ2) is 3.76. The van der Waals surface area contributed by atoms with E-state index >= 15 is 0 Å². The maximum absolute atomic E-state index is 5.89. The zero-order valence-corrected chi connectivity index (χ0v) is 11.6. The molecular weight excluding hydrogens is 184 g/mol. The summed E-state index contributed by atoms with van der Waals surface area (Å²) >= 11 is 0. The highest BCUT2D eigenvalue weighted by Crippen LogP contribution is 2.47. The van der Waals surface area contributed by atoms with Crippen molar-refractivity contribution in [3.63, 3.8) is 0 Å². The van der Waals surface area contributed by atoms with E-state index in [4.69, 9.17) is 4.74 Å². The van der Waals surface area contributed by atoms with Crippen LogP contribution < -0.4 is 0 Å². The normalized spacial score (nSPS) is 33.0. The molecule has 1 rings (SSSR count). The van der Waals surface area contributed by atoms with Crippen LogP contribution in [0.2, 0.25) is 0 Å². The van der Waals surface area contributed by atoms with Crippen LogP contribution in [0.15, 0.2) is 0 Å². The number of rotatable bonds is 2. The first-order valence-electron chi connectivity index (χ1n) is 6.18. The van der Waals surface area contributed by atoms with Crippen LogP contribution in [0.5, 0.6) is 0 Å². The Bertz CT molecular complexity index is 224. The van der Waals surface area contributed by atoms with Gasteiger partial charge in [-0.2, -0.15) is 0 Å². The van der Waals surface area contributed by atoms with Crippen molar-refractivity contribution in [1.29, 1.82) is 0 Å². The molecule has 0 aromatic rings. The predicted octanol–water partition coefficient (Wildman–Crippen LogP) is 4.26. The van der Waals surface area contributed by atoms with E-state index in [-0.39, 0.29) is 5.60 Å². The van der Waals surface area contributed by atoms with Gasteiger partial charge in [0.05, 0.1) is 12.2 Å². The standard InChI is InChI=1S/C14H28O/c1-11(8-12(2,3)4)14(7)9-13(5,6)15-10-14/h11H,8-10H2,1-7H3. The second-order valence-corrected chi connectivity index (χ2v) is 7.55. The quantitative estimate of drug-likeness (QED) is 0.664. The molecule has 0 aromatic carbocycles. The molecule has 1 saturated heterocycles. The summed E-state index contributed by atoms with van der Waals surface area (Å²) in [6.07, 6.45) is 2.47.